The first kappa shape index (κ1) is 32.1. The molecule has 0 aliphatic heterocycles. The Morgan fingerprint density at radius 2 is 1.00 bits per heavy atom. The van der Waals surface area contributed by atoms with Crippen LogP contribution in [0.15, 0.2) is 99.6 Å². The predicted octanol–water partition coefficient (Wildman–Crippen LogP) is 9.14. The Hall–Kier alpha value is -2.08. The largest absolute Gasteiger partial charge is 0.748 e. The Balaban J connectivity index is 0.000000296. The van der Waals surface area contributed by atoms with Crippen molar-refractivity contribution in [2.24, 2.45) is 0 Å². The molecule has 3 nitrogen and oxygen atoms in total. The molecule has 0 bridgehead atoms. The van der Waals surface area contributed by atoms with E-state index < -0.39 is 10.1 Å². The first-order valence-corrected chi connectivity index (χ1v) is 16.8. The van der Waals surface area contributed by atoms with Crippen molar-refractivity contribution in [3.63, 3.8) is 0 Å². The molecule has 0 aliphatic carbocycles. The van der Waals surface area contributed by atoms with Gasteiger partial charge in [-0.3, -0.25) is 0 Å². The van der Waals surface area contributed by atoms with Gasteiger partial charge >= 0.3 is 0 Å². The van der Waals surface area contributed by atoms with E-state index in [0.29, 0.717) is 6.42 Å². The van der Waals surface area contributed by atoms with E-state index in [1.54, 1.807) is 0 Å². The van der Waals surface area contributed by atoms with E-state index in [4.69, 9.17) is 0 Å². The molecule has 0 radical (unpaired) electrons. The molecule has 38 heavy (non-hydrogen) atoms. The smallest absolute Gasteiger partial charge is 0.166 e. The van der Waals surface area contributed by atoms with Crippen LogP contribution in [0.25, 0.3) is 0 Å². The highest BCUT2D eigenvalue weighted by Crippen LogP contribution is 2.32. The summed E-state index contributed by atoms with van der Waals surface area (Å²) in [4.78, 5) is 4.10. The standard InChI is InChI=1S/C22H23S.C11H24O3S/c1-22(2,3)18-14-16-21(17-15-18)23(19-10-6-4-7-11-19)20-12-8-5-9-13-20;1-2-3-4-5-6-7-8-9-10-11-15(12,13)14/h4-17H,1-3H3;2-11H2,1H3,(H,12,13,14)/q+1;/p-1. The lowest BCUT2D eigenvalue weighted by molar-refractivity contribution is 0.459. The van der Waals surface area contributed by atoms with Gasteiger partial charge in [0, 0.05) is 5.75 Å². The molecule has 0 atom stereocenters. The van der Waals surface area contributed by atoms with Gasteiger partial charge in [0.2, 0.25) is 0 Å². The van der Waals surface area contributed by atoms with E-state index in [1.165, 1.54) is 58.8 Å². The topological polar surface area (TPSA) is 57.2 Å². The molecule has 3 rings (SSSR count). The highest BCUT2D eigenvalue weighted by Gasteiger charge is 2.28. The van der Waals surface area contributed by atoms with E-state index >= 15 is 0 Å². The van der Waals surface area contributed by atoms with Crippen molar-refractivity contribution >= 4 is 21.0 Å². The molecule has 0 aromatic heterocycles. The Labute approximate surface area is 235 Å². The fraction of sp³-hybridized carbons (Fsp3) is 0.455. The number of benzene rings is 3. The molecule has 208 valence electrons. The summed E-state index contributed by atoms with van der Waals surface area (Å²) in [5.41, 5.74) is 1.57. The van der Waals surface area contributed by atoms with Gasteiger partial charge in [-0.25, -0.2) is 8.42 Å². The molecule has 0 spiro atoms. The van der Waals surface area contributed by atoms with E-state index in [0.717, 1.165) is 12.8 Å². The quantitative estimate of drug-likeness (QED) is 0.120. The maximum absolute atomic E-state index is 10.3. The lowest BCUT2D eigenvalue weighted by atomic mass is 9.87. The first-order chi connectivity index (χ1) is 18.1. The number of rotatable bonds is 13. The predicted molar refractivity (Wildman–Crippen MR) is 162 cm³/mol. The van der Waals surface area contributed by atoms with Gasteiger partial charge in [0.15, 0.2) is 14.7 Å². The number of unbranched alkanes of at least 4 members (excludes halogenated alkanes) is 8. The van der Waals surface area contributed by atoms with Crippen molar-refractivity contribution in [1.82, 2.24) is 0 Å². The second-order valence-electron chi connectivity index (χ2n) is 10.8. The van der Waals surface area contributed by atoms with Gasteiger partial charge < -0.3 is 4.55 Å². The summed E-state index contributed by atoms with van der Waals surface area (Å²) in [6.07, 6.45) is 10.0. The van der Waals surface area contributed by atoms with Crippen LogP contribution in [0.5, 0.6) is 0 Å². The van der Waals surface area contributed by atoms with Gasteiger partial charge in [-0.15, -0.1) is 0 Å². The molecule has 0 unspecified atom stereocenters. The molecule has 0 saturated heterocycles. The average molecular weight is 555 g/mol. The highest BCUT2D eigenvalue weighted by molar-refractivity contribution is 7.97. The minimum absolute atomic E-state index is 0.0497. The lowest BCUT2D eigenvalue weighted by Gasteiger charge is -2.19. The van der Waals surface area contributed by atoms with E-state index in [9.17, 15) is 13.0 Å². The summed E-state index contributed by atoms with van der Waals surface area (Å²) >= 11 is 0. The van der Waals surface area contributed by atoms with Crippen molar-refractivity contribution in [2.45, 2.75) is 106 Å². The van der Waals surface area contributed by atoms with Gasteiger partial charge in [-0.05, 0) is 53.8 Å². The second-order valence-corrected chi connectivity index (χ2v) is 14.3. The third-order valence-electron chi connectivity index (χ3n) is 6.41. The normalized spacial score (nSPS) is 11.7. The molecule has 3 aromatic carbocycles. The van der Waals surface area contributed by atoms with Crippen molar-refractivity contribution in [2.75, 3.05) is 5.75 Å². The van der Waals surface area contributed by atoms with Gasteiger partial charge in [0.25, 0.3) is 0 Å². The molecular formula is C33H46O3S2. The van der Waals surface area contributed by atoms with Crippen LogP contribution >= 0.6 is 0 Å². The Morgan fingerprint density at radius 1 is 0.605 bits per heavy atom. The summed E-state index contributed by atoms with van der Waals surface area (Å²) in [5, 5.41) is 0. The molecular weight excluding hydrogens is 508 g/mol. The van der Waals surface area contributed by atoms with Crippen LogP contribution in [0.2, 0.25) is 0 Å². The fourth-order valence-electron chi connectivity index (χ4n) is 4.20. The van der Waals surface area contributed by atoms with Crippen LogP contribution in [0.1, 0.15) is 91.0 Å². The van der Waals surface area contributed by atoms with Gasteiger partial charge in [0.1, 0.15) is 0 Å². The number of hydrogen-bond donors (Lipinski definition) is 0. The van der Waals surface area contributed by atoms with Crippen LogP contribution in [0.4, 0.5) is 0 Å². The summed E-state index contributed by atoms with van der Waals surface area (Å²) < 4.78 is 30.8. The van der Waals surface area contributed by atoms with Crippen molar-refractivity contribution < 1.29 is 13.0 Å². The average Bonchev–Trinajstić information content (AvgIpc) is 2.89. The zero-order valence-electron chi connectivity index (χ0n) is 23.7. The first-order valence-electron chi connectivity index (χ1n) is 14.0. The lowest BCUT2D eigenvalue weighted by Crippen LogP contribution is -2.11. The second kappa shape index (κ2) is 16.8. The molecule has 0 amide bonds. The minimum atomic E-state index is -3.98. The Morgan fingerprint density at radius 3 is 1.39 bits per heavy atom. The summed E-state index contributed by atoms with van der Waals surface area (Å²) in [6.45, 7) is 8.98. The minimum Gasteiger partial charge on any atom is -0.748 e. The fourth-order valence-corrected chi connectivity index (χ4v) is 6.84. The summed E-state index contributed by atoms with van der Waals surface area (Å²) in [7, 11) is -4.03. The monoisotopic (exact) mass is 554 g/mol. The maximum atomic E-state index is 10.3. The Kier molecular flexibility index (Phi) is 14.2. The zero-order valence-corrected chi connectivity index (χ0v) is 25.3. The van der Waals surface area contributed by atoms with Crippen LogP contribution in [0.3, 0.4) is 0 Å². The third-order valence-corrected chi connectivity index (χ3v) is 9.43. The Bertz CT molecular complexity index is 1080. The van der Waals surface area contributed by atoms with E-state index in [1.807, 2.05) is 0 Å². The van der Waals surface area contributed by atoms with Gasteiger partial charge in [-0.1, -0.05) is 128 Å². The molecule has 0 fully saturated rings. The molecule has 0 saturated carbocycles. The van der Waals surface area contributed by atoms with E-state index in [-0.39, 0.29) is 22.1 Å². The summed E-state index contributed by atoms with van der Waals surface area (Å²) in [6, 6.07) is 30.7. The van der Waals surface area contributed by atoms with Gasteiger partial charge in [-0.2, -0.15) is 0 Å². The SMILES string of the molecule is CC(C)(C)c1ccc([S+](c2ccccc2)c2ccccc2)cc1.CCCCCCCCCCCS(=O)(=O)[O-]. The maximum Gasteiger partial charge on any atom is 0.166 e. The van der Waals surface area contributed by atoms with Crippen LogP contribution in [-0.4, -0.2) is 18.7 Å². The summed E-state index contributed by atoms with van der Waals surface area (Å²) in [5.74, 6) is -0.192. The third kappa shape index (κ3) is 12.6. The number of hydrogen-bond acceptors (Lipinski definition) is 3. The molecule has 5 heteroatoms. The van der Waals surface area contributed by atoms with Crippen molar-refractivity contribution in [3.05, 3.63) is 90.5 Å². The molecule has 0 N–H and O–H groups in total. The highest BCUT2D eigenvalue weighted by atomic mass is 32.2. The molecule has 3 aromatic rings. The van der Waals surface area contributed by atoms with Crippen LogP contribution < -0.4 is 0 Å². The molecule has 0 aliphatic rings. The van der Waals surface area contributed by atoms with E-state index in [2.05, 4.69) is 113 Å². The van der Waals surface area contributed by atoms with Crippen LogP contribution in [0, 0.1) is 0 Å². The zero-order chi connectivity index (χ0) is 27.9. The molecule has 0 heterocycles. The van der Waals surface area contributed by atoms with Crippen molar-refractivity contribution in [1.29, 1.82) is 0 Å². The van der Waals surface area contributed by atoms with Crippen molar-refractivity contribution in [3.8, 4) is 0 Å². The van der Waals surface area contributed by atoms with Crippen LogP contribution in [-0.2, 0) is 26.4 Å². The van der Waals surface area contributed by atoms with Gasteiger partial charge in [0.05, 0.1) is 21.0 Å².